The average molecular weight is 958 g/mol. The fraction of sp³-hybridized carbons (Fsp3) is 0.269. The number of ether oxygens (including phenoxy) is 4. The summed E-state index contributed by atoms with van der Waals surface area (Å²) in [6.07, 6.45) is 6.91. The molecule has 0 aliphatic carbocycles. The number of benzene rings is 4. The first-order valence-corrected chi connectivity index (χ1v) is 22.5. The second kappa shape index (κ2) is 24.0. The fourth-order valence-electron chi connectivity index (χ4n) is 7.35. The van der Waals surface area contributed by atoms with Crippen molar-refractivity contribution in [1.82, 2.24) is 20.6 Å². The molecular weight excluding hydrogens is 908 g/mol. The van der Waals surface area contributed by atoms with Gasteiger partial charge in [-0.05, 0) is 84.3 Å². The normalized spacial score (nSPS) is 11.8. The van der Waals surface area contributed by atoms with Crippen LogP contribution in [0, 0.1) is 36.5 Å². The molecule has 0 spiro atoms. The first-order valence-electron chi connectivity index (χ1n) is 21.8. The molecule has 2 heterocycles. The van der Waals surface area contributed by atoms with Crippen molar-refractivity contribution in [1.29, 1.82) is 10.5 Å². The van der Waals surface area contributed by atoms with Gasteiger partial charge in [0.2, 0.25) is 0 Å². The van der Waals surface area contributed by atoms with Gasteiger partial charge in [0.05, 0.1) is 21.2 Å². The third-order valence-electron chi connectivity index (χ3n) is 11.3. The molecule has 0 radical (unpaired) electrons. The van der Waals surface area contributed by atoms with E-state index in [4.69, 9.17) is 42.1 Å². The number of nitriles is 2. The zero-order valence-corrected chi connectivity index (χ0v) is 39.4. The Kier molecular flexibility index (Phi) is 17.7. The SMILES string of the molecule is CCC(NCc1cc(Cl)c(OCc2cccc(-c3cccc(COc4cc(OCc5cncc(C#N)c5)c(CNC(CC)C(=O)O)cc4Cl)c3C)c2C)cc1OCc1cncc(C#N)c1)C(=O)O. The predicted molar refractivity (Wildman–Crippen MR) is 257 cm³/mol. The minimum atomic E-state index is -0.966. The van der Waals surface area contributed by atoms with Crippen molar-refractivity contribution in [2.75, 3.05) is 0 Å². The Morgan fingerprint density at radius 2 is 0.985 bits per heavy atom. The van der Waals surface area contributed by atoms with Crippen molar-refractivity contribution in [3.63, 3.8) is 0 Å². The van der Waals surface area contributed by atoms with Gasteiger partial charge in [-0.1, -0.05) is 73.4 Å². The van der Waals surface area contributed by atoms with Crippen LogP contribution in [0.3, 0.4) is 0 Å². The first-order chi connectivity index (χ1) is 32.8. The molecule has 4 N–H and O–H groups in total. The average Bonchev–Trinajstić information content (AvgIpc) is 3.33. The summed E-state index contributed by atoms with van der Waals surface area (Å²) in [5.74, 6) is -0.339. The second-order valence-corrected chi connectivity index (χ2v) is 16.7. The Labute approximate surface area is 405 Å². The van der Waals surface area contributed by atoms with Crippen LogP contribution in [0.25, 0.3) is 11.1 Å². The number of aromatic nitrogens is 2. The molecule has 350 valence electrons. The van der Waals surface area contributed by atoms with Gasteiger partial charge in [0, 0.05) is 72.3 Å². The van der Waals surface area contributed by atoms with Crippen molar-refractivity contribution in [3.8, 4) is 46.3 Å². The largest absolute Gasteiger partial charge is 0.488 e. The van der Waals surface area contributed by atoms with Gasteiger partial charge in [0.1, 0.15) is 73.6 Å². The highest BCUT2D eigenvalue weighted by Crippen LogP contribution is 2.37. The third-order valence-corrected chi connectivity index (χ3v) is 11.9. The number of hydrogen-bond acceptors (Lipinski definition) is 12. The molecule has 14 nitrogen and oxygen atoms in total. The first kappa shape index (κ1) is 50.2. The Hall–Kier alpha value is -7.20. The molecule has 2 atom stereocenters. The number of rotatable bonds is 23. The van der Waals surface area contributed by atoms with E-state index < -0.39 is 24.0 Å². The summed E-state index contributed by atoms with van der Waals surface area (Å²) in [5.41, 5.74) is 9.19. The van der Waals surface area contributed by atoms with E-state index >= 15 is 0 Å². The number of aliphatic carboxylic acids is 2. The molecule has 6 aromatic rings. The number of carbonyl (C=O) groups is 2. The molecule has 0 fully saturated rings. The maximum absolute atomic E-state index is 11.8. The van der Waals surface area contributed by atoms with Crippen molar-refractivity contribution in [3.05, 3.63) is 163 Å². The third kappa shape index (κ3) is 13.0. The predicted octanol–water partition coefficient (Wildman–Crippen LogP) is 10.0. The Bertz CT molecular complexity index is 2670. The Morgan fingerprint density at radius 1 is 0.588 bits per heavy atom. The lowest BCUT2D eigenvalue weighted by Gasteiger charge is -2.19. The number of carboxylic acid groups (broad SMARTS) is 2. The lowest BCUT2D eigenvalue weighted by atomic mass is 9.92. The van der Waals surface area contributed by atoms with E-state index in [1.54, 1.807) is 62.6 Å². The van der Waals surface area contributed by atoms with Crippen LogP contribution in [0.15, 0.2) is 97.6 Å². The maximum atomic E-state index is 11.8. The molecule has 0 aliphatic rings. The quantitative estimate of drug-likeness (QED) is 0.0471. The molecule has 6 rings (SSSR count). The summed E-state index contributed by atoms with van der Waals surface area (Å²) in [4.78, 5) is 31.7. The summed E-state index contributed by atoms with van der Waals surface area (Å²) >= 11 is 13.6. The molecule has 68 heavy (non-hydrogen) atoms. The lowest BCUT2D eigenvalue weighted by molar-refractivity contribution is -0.140. The van der Waals surface area contributed by atoms with Gasteiger partial charge >= 0.3 is 11.9 Å². The van der Waals surface area contributed by atoms with Crippen LogP contribution in [0.2, 0.25) is 10.0 Å². The van der Waals surface area contributed by atoms with Crippen molar-refractivity contribution >= 4 is 35.1 Å². The van der Waals surface area contributed by atoms with Gasteiger partial charge in [-0.15, -0.1) is 0 Å². The zero-order chi connectivity index (χ0) is 48.7. The summed E-state index contributed by atoms with van der Waals surface area (Å²) in [5, 5.41) is 44.7. The van der Waals surface area contributed by atoms with Crippen LogP contribution < -0.4 is 29.6 Å². The molecule has 4 aromatic carbocycles. The molecule has 0 bridgehead atoms. The molecular formula is C52H50Cl2N6O8. The van der Waals surface area contributed by atoms with Crippen molar-refractivity contribution in [2.45, 2.75) is 92.1 Å². The number of halogens is 2. The Morgan fingerprint density at radius 3 is 1.35 bits per heavy atom. The van der Waals surface area contributed by atoms with Crippen molar-refractivity contribution < 1.29 is 38.7 Å². The number of pyridine rings is 2. The minimum absolute atomic E-state index is 0.0952. The van der Waals surface area contributed by atoms with E-state index in [0.717, 1.165) is 33.4 Å². The highest BCUT2D eigenvalue weighted by Gasteiger charge is 2.20. The molecule has 0 aliphatic heterocycles. The van der Waals surface area contributed by atoms with Crippen LogP contribution in [0.5, 0.6) is 23.0 Å². The standard InChI is InChI=1S/C52H50Cl2N6O8/c1-5-45(51(61)62)59-25-39-15-43(53)49(17-47(39)65-27-35-13-33(19-55)21-57-23-35)67-29-37-9-7-11-41(31(37)3)42-12-8-10-38(32(42)4)30-68-50-18-48(66-28-36-14-34(20-56)22-58-24-36)40(16-44(50)54)26-60-46(6-2)52(63)64/h7-18,21-24,45-46,59-60H,5-6,25-30H2,1-4H3,(H,61,62)(H,63,64). The van der Waals surface area contributed by atoms with Crippen LogP contribution in [0.4, 0.5) is 0 Å². The van der Waals surface area contributed by atoms with Gasteiger partial charge in [-0.25, -0.2) is 0 Å². The number of carboxylic acids is 2. The van der Waals surface area contributed by atoms with Crippen LogP contribution in [-0.2, 0) is 49.1 Å². The monoisotopic (exact) mass is 956 g/mol. The molecule has 16 heteroatoms. The van der Waals surface area contributed by atoms with E-state index in [1.165, 1.54) is 12.4 Å². The van der Waals surface area contributed by atoms with Gasteiger partial charge < -0.3 is 39.8 Å². The minimum Gasteiger partial charge on any atom is -0.488 e. The molecule has 0 saturated heterocycles. The summed E-state index contributed by atoms with van der Waals surface area (Å²) in [6, 6.07) is 24.8. The smallest absolute Gasteiger partial charge is 0.320 e. The van der Waals surface area contributed by atoms with Crippen molar-refractivity contribution in [2.24, 2.45) is 0 Å². The number of hydrogen-bond donors (Lipinski definition) is 4. The van der Waals surface area contributed by atoms with Gasteiger partial charge in [-0.3, -0.25) is 19.6 Å². The van der Waals surface area contributed by atoms with E-state index in [2.05, 4.69) is 32.7 Å². The number of nitrogens with zero attached hydrogens (tertiary/aromatic N) is 4. The van der Waals surface area contributed by atoms with E-state index in [9.17, 15) is 30.3 Å². The van der Waals surface area contributed by atoms with Crippen LogP contribution >= 0.6 is 23.2 Å². The highest BCUT2D eigenvalue weighted by molar-refractivity contribution is 6.32. The highest BCUT2D eigenvalue weighted by atomic mass is 35.5. The van der Waals surface area contributed by atoms with Crippen LogP contribution in [0.1, 0.15) is 82.3 Å². The van der Waals surface area contributed by atoms with E-state index in [1.807, 2.05) is 50.2 Å². The fourth-order valence-corrected chi connectivity index (χ4v) is 7.83. The van der Waals surface area contributed by atoms with Gasteiger partial charge in [0.15, 0.2) is 0 Å². The van der Waals surface area contributed by atoms with Gasteiger partial charge in [0.25, 0.3) is 0 Å². The van der Waals surface area contributed by atoms with E-state index in [0.29, 0.717) is 79.3 Å². The second-order valence-electron chi connectivity index (χ2n) is 15.9. The van der Waals surface area contributed by atoms with Gasteiger partial charge in [-0.2, -0.15) is 10.5 Å². The van der Waals surface area contributed by atoms with E-state index in [-0.39, 0.29) is 39.5 Å². The molecule has 0 amide bonds. The summed E-state index contributed by atoms with van der Waals surface area (Å²) < 4.78 is 25.2. The maximum Gasteiger partial charge on any atom is 0.320 e. The Balaban J connectivity index is 1.20. The topological polar surface area (TPSA) is 209 Å². The summed E-state index contributed by atoms with van der Waals surface area (Å²) in [6.45, 7) is 8.50. The molecule has 2 aromatic heterocycles. The van der Waals surface area contributed by atoms with Crippen LogP contribution in [-0.4, -0.2) is 44.2 Å². The lowest BCUT2D eigenvalue weighted by Crippen LogP contribution is -2.35. The summed E-state index contributed by atoms with van der Waals surface area (Å²) in [7, 11) is 0. The molecule has 0 saturated carbocycles. The number of nitrogens with one attached hydrogen (secondary N) is 2. The zero-order valence-electron chi connectivity index (χ0n) is 37.9. The molecule has 2 unspecified atom stereocenters.